The van der Waals surface area contributed by atoms with E-state index in [1.807, 2.05) is 38.1 Å². The number of fused-ring (bicyclic) bond motifs is 3. The fourth-order valence-electron chi connectivity index (χ4n) is 2.10. The lowest BCUT2D eigenvalue weighted by Crippen LogP contribution is -2.22. The molecule has 1 aromatic carbocycles. The number of carboxylic acids is 1. The van der Waals surface area contributed by atoms with Gasteiger partial charge in [0.25, 0.3) is 0 Å². The molecule has 0 spiro atoms. The Bertz CT molecular complexity index is 815. The Labute approximate surface area is 125 Å². The molecule has 1 atom stereocenters. The Kier molecular flexibility index (Phi) is 3.50. The number of nitrogens with zero attached hydrogens (tertiary/aromatic N) is 4. The number of hydrogen-bond acceptors (Lipinski definition) is 5. The van der Waals surface area contributed by atoms with Crippen molar-refractivity contribution in [3.05, 3.63) is 30.6 Å². The molecular formula is C14H14N4O2S. The maximum Gasteiger partial charge on any atom is 0.317 e. The van der Waals surface area contributed by atoms with Crippen LogP contribution in [0.2, 0.25) is 0 Å². The lowest BCUT2D eigenvalue weighted by Gasteiger charge is -2.12. The van der Waals surface area contributed by atoms with Gasteiger partial charge in [-0.25, -0.2) is 14.5 Å². The van der Waals surface area contributed by atoms with Crippen LogP contribution < -0.4 is 0 Å². The van der Waals surface area contributed by atoms with Crippen LogP contribution in [-0.4, -0.2) is 35.9 Å². The summed E-state index contributed by atoms with van der Waals surface area (Å²) in [6, 6.07) is 7.67. The summed E-state index contributed by atoms with van der Waals surface area (Å²) in [5.74, 6) is -0.856. The van der Waals surface area contributed by atoms with Crippen LogP contribution in [0.5, 0.6) is 0 Å². The van der Waals surface area contributed by atoms with Gasteiger partial charge in [0.1, 0.15) is 11.6 Å². The number of para-hydroxylation sites is 1. The zero-order chi connectivity index (χ0) is 15.0. The number of hydrogen-bond donors (Lipinski definition) is 1. The normalized spacial score (nSPS) is 13.1. The molecule has 3 rings (SSSR count). The van der Waals surface area contributed by atoms with E-state index in [1.54, 1.807) is 10.8 Å². The number of benzene rings is 1. The molecule has 0 saturated heterocycles. The van der Waals surface area contributed by atoms with Crippen LogP contribution in [0.4, 0.5) is 0 Å². The third-order valence-electron chi connectivity index (χ3n) is 3.14. The molecule has 21 heavy (non-hydrogen) atoms. The highest BCUT2D eigenvalue weighted by atomic mass is 32.2. The first-order valence-corrected chi connectivity index (χ1v) is 7.44. The summed E-state index contributed by atoms with van der Waals surface area (Å²) in [7, 11) is 0. The van der Waals surface area contributed by atoms with Crippen molar-refractivity contribution in [2.75, 3.05) is 0 Å². The first kappa shape index (κ1) is 13.8. The largest absolute Gasteiger partial charge is 0.480 e. The number of rotatable bonds is 4. The van der Waals surface area contributed by atoms with Crippen LogP contribution in [0.1, 0.15) is 13.8 Å². The minimum atomic E-state index is -0.850. The third-order valence-corrected chi connectivity index (χ3v) is 4.53. The van der Waals surface area contributed by atoms with Crippen molar-refractivity contribution in [2.24, 2.45) is 5.92 Å². The summed E-state index contributed by atoms with van der Waals surface area (Å²) >= 11 is 1.17. The fourth-order valence-corrected chi connectivity index (χ4v) is 2.97. The standard InChI is InChI=1S/C14H14N4O2S/c1-8(2)11(13(19)20)21-14-16-12-9-5-3-4-6-10(9)15-7-18(12)17-14/h3-8,11H,1-2H3,(H,19,20). The zero-order valence-corrected chi connectivity index (χ0v) is 12.4. The molecule has 108 valence electrons. The van der Waals surface area contributed by atoms with Gasteiger partial charge < -0.3 is 5.11 Å². The summed E-state index contributed by atoms with van der Waals surface area (Å²) in [4.78, 5) is 20.0. The second-order valence-corrected chi connectivity index (χ2v) is 6.15. The predicted molar refractivity (Wildman–Crippen MR) is 80.4 cm³/mol. The topological polar surface area (TPSA) is 80.4 Å². The van der Waals surface area contributed by atoms with Gasteiger partial charge >= 0.3 is 5.97 Å². The molecule has 0 fully saturated rings. The second-order valence-electron chi connectivity index (χ2n) is 5.04. The van der Waals surface area contributed by atoms with E-state index >= 15 is 0 Å². The Morgan fingerprint density at radius 3 is 2.81 bits per heavy atom. The molecule has 0 aliphatic rings. The molecule has 2 heterocycles. The average Bonchev–Trinajstić information content (AvgIpc) is 2.87. The van der Waals surface area contributed by atoms with E-state index in [-0.39, 0.29) is 5.92 Å². The molecule has 3 aromatic rings. The molecule has 0 aliphatic heterocycles. The van der Waals surface area contributed by atoms with Crippen LogP contribution in [-0.2, 0) is 4.79 Å². The molecule has 1 N–H and O–H groups in total. The van der Waals surface area contributed by atoms with Gasteiger partial charge in [0.05, 0.1) is 5.52 Å². The van der Waals surface area contributed by atoms with Gasteiger partial charge in [-0.1, -0.05) is 37.7 Å². The summed E-state index contributed by atoms with van der Waals surface area (Å²) in [5.41, 5.74) is 1.53. The molecule has 0 amide bonds. The fraction of sp³-hybridized carbons (Fsp3) is 0.286. The van der Waals surface area contributed by atoms with Gasteiger partial charge in [-0.05, 0) is 18.1 Å². The Balaban J connectivity index is 2.05. The summed E-state index contributed by atoms with van der Waals surface area (Å²) < 4.78 is 1.59. The van der Waals surface area contributed by atoms with Crippen LogP contribution in [0.15, 0.2) is 35.7 Å². The summed E-state index contributed by atoms with van der Waals surface area (Å²) in [6.07, 6.45) is 1.60. The first-order valence-electron chi connectivity index (χ1n) is 6.56. The summed E-state index contributed by atoms with van der Waals surface area (Å²) in [6.45, 7) is 3.75. The molecule has 0 aliphatic carbocycles. The number of carbonyl (C=O) groups is 1. The minimum Gasteiger partial charge on any atom is -0.480 e. The Morgan fingerprint density at radius 1 is 1.33 bits per heavy atom. The smallest absolute Gasteiger partial charge is 0.317 e. The Hall–Kier alpha value is -2.15. The van der Waals surface area contributed by atoms with Gasteiger partial charge in [0.15, 0.2) is 5.65 Å². The van der Waals surface area contributed by atoms with Gasteiger partial charge in [0, 0.05) is 5.39 Å². The molecule has 1 unspecified atom stereocenters. The van der Waals surface area contributed by atoms with Crippen LogP contribution in [0.25, 0.3) is 16.6 Å². The number of aromatic nitrogens is 4. The number of carboxylic acid groups (broad SMARTS) is 1. The SMILES string of the molecule is CC(C)C(Sc1nc2c3ccccc3ncn2n1)C(=O)O. The third kappa shape index (κ3) is 2.56. The monoisotopic (exact) mass is 302 g/mol. The van der Waals surface area contributed by atoms with Crippen LogP contribution >= 0.6 is 11.8 Å². The molecular weight excluding hydrogens is 288 g/mol. The van der Waals surface area contributed by atoms with Crippen LogP contribution in [0.3, 0.4) is 0 Å². The van der Waals surface area contributed by atoms with Gasteiger partial charge in [-0.2, -0.15) is 0 Å². The van der Waals surface area contributed by atoms with Gasteiger partial charge in [-0.3, -0.25) is 4.79 Å². The second kappa shape index (κ2) is 5.33. The van der Waals surface area contributed by atoms with E-state index in [9.17, 15) is 9.90 Å². The lowest BCUT2D eigenvalue weighted by molar-refractivity contribution is -0.137. The van der Waals surface area contributed by atoms with Gasteiger partial charge in [-0.15, -0.1) is 5.10 Å². The van der Waals surface area contributed by atoms with E-state index in [0.717, 1.165) is 10.9 Å². The average molecular weight is 302 g/mol. The highest BCUT2D eigenvalue weighted by molar-refractivity contribution is 8.00. The van der Waals surface area contributed by atoms with E-state index in [2.05, 4.69) is 15.1 Å². The predicted octanol–water partition coefficient (Wildman–Crippen LogP) is 2.48. The van der Waals surface area contributed by atoms with E-state index in [1.165, 1.54) is 11.8 Å². The number of thioether (sulfide) groups is 1. The van der Waals surface area contributed by atoms with Crippen molar-refractivity contribution in [2.45, 2.75) is 24.3 Å². The molecule has 0 saturated carbocycles. The Morgan fingerprint density at radius 2 is 2.10 bits per heavy atom. The van der Waals surface area contributed by atoms with Crippen molar-refractivity contribution in [1.29, 1.82) is 0 Å². The van der Waals surface area contributed by atoms with Crippen molar-refractivity contribution in [3.63, 3.8) is 0 Å². The minimum absolute atomic E-state index is 0.00557. The number of aliphatic carboxylic acids is 1. The molecule has 2 aromatic heterocycles. The molecule has 0 radical (unpaired) electrons. The van der Waals surface area contributed by atoms with Crippen molar-refractivity contribution in [1.82, 2.24) is 19.6 Å². The van der Waals surface area contributed by atoms with E-state index < -0.39 is 11.2 Å². The van der Waals surface area contributed by atoms with Crippen LogP contribution in [0, 0.1) is 5.92 Å². The lowest BCUT2D eigenvalue weighted by atomic mass is 10.1. The van der Waals surface area contributed by atoms with Crippen molar-refractivity contribution >= 4 is 34.3 Å². The quantitative estimate of drug-likeness (QED) is 0.746. The maximum absolute atomic E-state index is 11.3. The maximum atomic E-state index is 11.3. The van der Waals surface area contributed by atoms with E-state index in [4.69, 9.17) is 0 Å². The molecule has 0 bridgehead atoms. The molecule has 6 nitrogen and oxygen atoms in total. The summed E-state index contributed by atoms with van der Waals surface area (Å²) in [5, 5.41) is 14.4. The molecule has 7 heteroatoms. The first-order chi connectivity index (χ1) is 10.1. The van der Waals surface area contributed by atoms with Crippen molar-refractivity contribution in [3.8, 4) is 0 Å². The highest BCUT2D eigenvalue weighted by Gasteiger charge is 2.25. The zero-order valence-electron chi connectivity index (χ0n) is 11.6. The van der Waals surface area contributed by atoms with Crippen molar-refractivity contribution < 1.29 is 9.90 Å². The highest BCUT2D eigenvalue weighted by Crippen LogP contribution is 2.27. The van der Waals surface area contributed by atoms with Gasteiger partial charge in [0.2, 0.25) is 5.16 Å². The van der Waals surface area contributed by atoms with E-state index in [0.29, 0.717) is 10.8 Å².